The van der Waals surface area contributed by atoms with Gasteiger partial charge in [0.1, 0.15) is 15.8 Å². The number of aromatic nitrogens is 3. The molecule has 0 amide bonds. The molecule has 0 atom stereocenters. The van der Waals surface area contributed by atoms with Crippen LogP contribution in [0.4, 0.5) is 5.69 Å². The summed E-state index contributed by atoms with van der Waals surface area (Å²) in [5, 5.41) is 9.31. The van der Waals surface area contributed by atoms with E-state index in [1.54, 1.807) is 36.6 Å². The second-order valence-electron chi connectivity index (χ2n) is 6.56. The average Bonchev–Trinajstić information content (AvgIpc) is 3.39. The highest BCUT2D eigenvalue weighted by atomic mass is 32.2. The molecule has 0 saturated carbocycles. The Morgan fingerprint density at radius 3 is 2.83 bits per heavy atom. The number of hydrogen-bond acceptors (Lipinski definition) is 8. The van der Waals surface area contributed by atoms with Gasteiger partial charge in [-0.2, -0.15) is 5.10 Å². The maximum absolute atomic E-state index is 11.7. The summed E-state index contributed by atoms with van der Waals surface area (Å²) in [5.41, 5.74) is 4.51. The van der Waals surface area contributed by atoms with Crippen LogP contribution in [-0.2, 0) is 11.8 Å². The lowest BCUT2D eigenvalue weighted by Crippen LogP contribution is -2.02. The first-order valence-corrected chi connectivity index (χ1v) is 10.8. The third-order valence-electron chi connectivity index (χ3n) is 4.72. The lowest BCUT2D eigenvalue weighted by Gasteiger charge is -2.10. The Balaban J connectivity index is 1.56. The quantitative estimate of drug-likeness (QED) is 0.337. The lowest BCUT2D eigenvalue weighted by molar-refractivity contribution is 0.0600. The molecule has 154 valence electrons. The Bertz CT molecular complexity index is 1230. The van der Waals surface area contributed by atoms with Gasteiger partial charge in [0.05, 0.1) is 37.2 Å². The van der Waals surface area contributed by atoms with Gasteiger partial charge < -0.3 is 14.2 Å². The van der Waals surface area contributed by atoms with Gasteiger partial charge in [-0.25, -0.2) is 9.78 Å². The van der Waals surface area contributed by atoms with Crippen molar-refractivity contribution < 1.29 is 14.3 Å². The molecule has 7 nitrogen and oxygen atoms in total. The number of nitrogens with zero attached hydrogens (tertiary/aromatic N) is 3. The van der Waals surface area contributed by atoms with Crippen molar-refractivity contribution in [2.24, 2.45) is 7.05 Å². The van der Waals surface area contributed by atoms with Crippen molar-refractivity contribution in [3.8, 4) is 16.3 Å². The van der Waals surface area contributed by atoms with Crippen LogP contribution in [0.1, 0.15) is 15.9 Å². The van der Waals surface area contributed by atoms with Gasteiger partial charge in [0.2, 0.25) is 0 Å². The fourth-order valence-corrected chi connectivity index (χ4v) is 4.77. The van der Waals surface area contributed by atoms with E-state index in [4.69, 9.17) is 14.5 Å². The van der Waals surface area contributed by atoms with Crippen molar-refractivity contribution in [3.05, 3.63) is 53.0 Å². The molecule has 30 heavy (non-hydrogen) atoms. The highest BCUT2D eigenvalue weighted by Crippen LogP contribution is 2.35. The summed E-state index contributed by atoms with van der Waals surface area (Å²) in [6.07, 6.45) is 1.89. The van der Waals surface area contributed by atoms with E-state index in [0.717, 1.165) is 32.2 Å². The first-order valence-electron chi connectivity index (χ1n) is 9.08. The second-order valence-corrected chi connectivity index (χ2v) is 8.25. The number of thiazole rings is 1. The third-order valence-corrected chi connectivity index (χ3v) is 6.49. The monoisotopic (exact) mass is 440 g/mol. The van der Waals surface area contributed by atoms with Crippen LogP contribution in [0.2, 0.25) is 0 Å². The number of ether oxygens (including phenoxy) is 2. The maximum atomic E-state index is 11.7. The molecule has 2 aromatic heterocycles. The minimum atomic E-state index is -0.406. The van der Waals surface area contributed by atoms with Crippen LogP contribution >= 0.6 is 23.3 Å². The summed E-state index contributed by atoms with van der Waals surface area (Å²) in [5.74, 6) is 0.146. The summed E-state index contributed by atoms with van der Waals surface area (Å²) in [4.78, 5) is 16.5. The molecule has 0 spiro atoms. The van der Waals surface area contributed by atoms with E-state index >= 15 is 0 Å². The van der Waals surface area contributed by atoms with Crippen molar-refractivity contribution >= 4 is 45.8 Å². The molecule has 0 unspecified atom stereocenters. The van der Waals surface area contributed by atoms with Gasteiger partial charge in [-0.1, -0.05) is 6.07 Å². The number of carbonyl (C=O) groups is 1. The first-order chi connectivity index (χ1) is 14.5. The van der Waals surface area contributed by atoms with Crippen LogP contribution in [0.3, 0.4) is 0 Å². The molecule has 0 radical (unpaired) electrons. The Kier molecular flexibility index (Phi) is 5.65. The highest BCUT2D eigenvalue weighted by molar-refractivity contribution is 8.00. The smallest absolute Gasteiger partial charge is 0.337 e. The fourth-order valence-electron chi connectivity index (χ4n) is 3.15. The van der Waals surface area contributed by atoms with Crippen LogP contribution in [-0.4, -0.2) is 35.0 Å². The molecule has 1 N–H and O–H groups in total. The number of methoxy groups -OCH3 is 2. The van der Waals surface area contributed by atoms with Crippen LogP contribution in [0, 0.1) is 6.92 Å². The molecule has 4 aromatic rings. The van der Waals surface area contributed by atoms with Gasteiger partial charge in [0.25, 0.3) is 0 Å². The number of benzene rings is 2. The summed E-state index contributed by atoms with van der Waals surface area (Å²) in [7, 11) is 4.86. The van der Waals surface area contributed by atoms with Gasteiger partial charge in [0.15, 0.2) is 0 Å². The number of aryl methyl sites for hydroxylation is 2. The largest absolute Gasteiger partial charge is 0.495 e. The van der Waals surface area contributed by atoms with Gasteiger partial charge in [-0.05, 0) is 36.8 Å². The summed E-state index contributed by atoms with van der Waals surface area (Å²) < 4.78 is 15.3. The number of nitrogens with one attached hydrogen (secondary N) is 1. The normalized spacial score (nSPS) is 10.9. The molecule has 2 aromatic carbocycles. The van der Waals surface area contributed by atoms with Gasteiger partial charge in [0, 0.05) is 35.3 Å². The Labute approximate surface area is 182 Å². The van der Waals surface area contributed by atoms with E-state index in [1.165, 1.54) is 24.6 Å². The van der Waals surface area contributed by atoms with Crippen LogP contribution < -0.4 is 9.46 Å². The van der Waals surface area contributed by atoms with E-state index in [2.05, 4.69) is 28.9 Å². The van der Waals surface area contributed by atoms with Gasteiger partial charge >= 0.3 is 5.97 Å². The average molecular weight is 441 g/mol. The zero-order valence-corrected chi connectivity index (χ0v) is 18.6. The summed E-state index contributed by atoms with van der Waals surface area (Å²) in [6, 6.07) is 9.31. The Hall–Kier alpha value is -3.04. The molecular formula is C21H20N4O3S2. The predicted molar refractivity (Wildman–Crippen MR) is 120 cm³/mol. The molecule has 0 saturated heterocycles. The van der Waals surface area contributed by atoms with Crippen molar-refractivity contribution in [1.82, 2.24) is 14.8 Å². The number of carbonyl (C=O) groups excluding carboxylic acids is 1. The summed E-state index contributed by atoms with van der Waals surface area (Å²) in [6.45, 7) is 2.08. The van der Waals surface area contributed by atoms with E-state index in [1.807, 2.05) is 23.3 Å². The first kappa shape index (κ1) is 20.2. The molecule has 4 rings (SSSR count). The number of anilines is 1. The zero-order valence-electron chi connectivity index (χ0n) is 16.9. The molecule has 0 fully saturated rings. The molecule has 0 bridgehead atoms. The number of esters is 1. The summed E-state index contributed by atoms with van der Waals surface area (Å²) >= 11 is 2.97. The van der Waals surface area contributed by atoms with Gasteiger partial charge in [-0.3, -0.25) is 4.68 Å². The van der Waals surface area contributed by atoms with E-state index in [9.17, 15) is 4.79 Å². The Morgan fingerprint density at radius 2 is 2.07 bits per heavy atom. The highest BCUT2D eigenvalue weighted by Gasteiger charge is 2.15. The lowest BCUT2D eigenvalue weighted by atomic mass is 10.1. The van der Waals surface area contributed by atoms with Crippen LogP contribution in [0.25, 0.3) is 21.5 Å². The topological polar surface area (TPSA) is 78.3 Å². The molecule has 0 aliphatic carbocycles. The minimum Gasteiger partial charge on any atom is -0.495 e. The van der Waals surface area contributed by atoms with Gasteiger partial charge in [-0.15, -0.1) is 11.3 Å². The molecule has 0 aliphatic heterocycles. The van der Waals surface area contributed by atoms with Crippen molar-refractivity contribution in [2.75, 3.05) is 18.9 Å². The fraction of sp³-hybridized carbons (Fsp3) is 0.190. The second kappa shape index (κ2) is 8.37. The molecule has 9 heteroatoms. The van der Waals surface area contributed by atoms with Crippen molar-refractivity contribution in [2.45, 2.75) is 11.9 Å². The van der Waals surface area contributed by atoms with Crippen LogP contribution in [0.15, 0.2) is 46.9 Å². The number of rotatable bonds is 6. The number of fused-ring (bicyclic) bond motifs is 1. The van der Waals surface area contributed by atoms with E-state index in [-0.39, 0.29) is 0 Å². The standard InChI is InChI=1S/C21H20N4O3S2/c1-12-5-7-14(19-15(12)10-22-25(19)2)20-23-18(11-29-20)30-24-16-8-6-13(21(26)28-4)9-17(16)27-3/h5-11,24H,1-4H3. The maximum Gasteiger partial charge on any atom is 0.337 e. The third kappa shape index (κ3) is 3.73. The molecule has 2 heterocycles. The number of hydrogen-bond donors (Lipinski definition) is 1. The molecule has 0 aliphatic rings. The van der Waals surface area contributed by atoms with Crippen LogP contribution in [0.5, 0.6) is 5.75 Å². The SMILES string of the molecule is COC(=O)c1ccc(NSc2csc(-c3ccc(C)c4cnn(C)c34)n2)c(OC)c1. The zero-order chi connectivity index (χ0) is 21.3. The van der Waals surface area contributed by atoms with E-state index < -0.39 is 5.97 Å². The van der Waals surface area contributed by atoms with E-state index in [0.29, 0.717) is 11.3 Å². The molecular weight excluding hydrogens is 420 g/mol. The van der Waals surface area contributed by atoms with Crippen molar-refractivity contribution in [3.63, 3.8) is 0 Å². The Morgan fingerprint density at radius 1 is 1.23 bits per heavy atom. The minimum absolute atomic E-state index is 0.406. The van der Waals surface area contributed by atoms with Crippen molar-refractivity contribution in [1.29, 1.82) is 0 Å². The predicted octanol–water partition coefficient (Wildman–Crippen LogP) is 4.92.